The Labute approximate surface area is 124 Å². The summed E-state index contributed by atoms with van der Waals surface area (Å²) >= 11 is 2.07. The van der Waals surface area contributed by atoms with Crippen LogP contribution in [0.4, 0.5) is 8.78 Å². The Morgan fingerprint density at radius 3 is 2.42 bits per heavy atom. The molecule has 0 spiro atoms. The van der Waals surface area contributed by atoms with E-state index in [1.165, 1.54) is 12.1 Å². The van der Waals surface area contributed by atoms with Crippen LogP contribution in [0.5, 0.6) is 0 Å². The Morgan fingerprint density at radius 1 is 1.05 bits per heavy atom. The van der Waals surface area contributed by atoms with Gasteiger partial charge in [-0.25, -0.2) is 8.78 Å². The van der Waals surface area contributed by atoms with Crippen molar-refractivity contribution in [3.8, 4) is 0 Å². The van der Waals surface area contributed by atoms with Gasteiger partial charge in [0.2, 0.25) is 0 Å². The van der Waals surface area contributed by atoms with Gasteiger partial charge in [-0.3, -0.25) is 0 Å². The van der Waals surface area contributed by atoms with Gasteiger partial charge in [0.05, 0.1) is 5.56 Å². The first-order chi connectivity index (χ1) is 8.93. The molecule has 1 N–H and O–H groups in total. The highest BCUT2D eigenvalue weighted by molar-refractivity contribution is 14.1. The second-order valence-electron chi connectivity index (χ2n) is 4.47. The van der Waals surface area contributed by atoms with Crippen LogP contribution in [0.1, 0.15) is 28.4 Å². The van der Waals surface area contributed by atoms with E-state index in [2.05, 4.69) is 22.6 Å². The Kier molecular flexibility index (Phi) is 4.20. The summed E-state index contributed by atoms with van der Waals surface area (Å²) in [4.78, 5) is 0. The molecule has 0 amide bonds. The summed E-state index contributed by atoms with van der Waals surface area (Å²) in [5, 5.41) is 10.3. The molecule has 0 radical (unpaired) electrons. The van der Waals surface area contributed by atoms with Crippen molar-refractivity contribution in [2.75, 3.05) is 0 Å². The van der Waals surface area contributed by atoms with Gasteiger partial charge < -0.3 is 5.11 Å². The van der Waals surface area contributed by atoms with E-state index in [9.17, 15) is 13.9 Å². The van der Waals surface area contributed by atoms with E-state index < -0.39 is 17.7 Å². The van der Waals surface area contributed by atoms with Crippen LogP contribution in [0, 0.1) is 29.1 Å². The summed E-state index contributed by atoms with van der Waals surface area (Å²) in [5.74, 6) is -1.42. The van der Waals surface area contributed by atoms with Gasteiger partial charge in [-0.2, -0.15) is 0 Å². The lowest BCUT2D eigenvalue weighted by molar-refractivity contribution is 0.208. The van der Waals surface area contributed by atoms with Crippen molar-refractivity contribution in [1.29, 1.82) is 0 Å². The predicted octanol–water partition coefficient (Wildman–Crippen LogP) is 4.27. The average Bonchev–Trinajstić information content (AvgIpc) is 2.37. The molecule has 0 aliphatic carbocycles. The Balaban J connectivity index is 2.59. The Bertz CT molecular complexity index is 626. The fourth-order valence-electron chi connectivity index (χ4n) is 1.97. The molecular formula is C15H13F2IO. The maximum Gasteiger partial charge on any atom is 0.135 e. The van der Waals surface area contributed by atoms with Crippen LogP contribution >= 0.6 is 22.6 Å². The van der Waals surface area contributed by atoms with E-state index in [0.29, 0.717) is 11.1 Å². The molecule has 4 heteroatoms. The Hall–Kier alpha value is -1.01. The van der Waals surface area contributed by atoms with Crippen LogP contribution < -0.4 is 0 Å². The molecule has 100 valence electrons. The molecular weight excluding hydrogens is 361 g/mol. The van der Waals surface area contributed by atoms with Crippen LogP contribution in [0.2, 0.25) is 0 Å². The molecule has 0 fully saturated rings. The fourth-order valence-corrected chi connectivity index (χ4v) is 2.62. The van der Waals surface area contributed by atoms with E-state index in [-0.39, 0.29) is 5.56 Å². The highest BCUT2D eigenvalue weighted by atomic mass is 127. The minimum Gasteiger partial charge on any atom is -0.383 e. The van der Waals surface area contributed by atoms with Gasteiger partial charge in [-0.15, -0.1) is 0 Å². The minimum atomic E-state index is -1.30. The molecule has 0 saturated heterocycles. The smallest absolute Gasteiger partial charge is 0.135 e. The third kappa shape index (κ3) is 2.65. The lowest BCUT2D eigenvalue weighted by Gasteiger charge is -2.17. The van der Waals surface area contributed by atoms with Gasteiger partial charge in [0.25, 0.3) is 0 Å². The van der Waals surface area contributed by atoms with E-state index in [1.807, 2.05) is 13.0 Å². The van der Waals surface area contributed by atoms with E-state index in [4.69, 9.17) is 0 Å². The molecule has 1 nitrogen and oxygen atoms in total. The third-order valence-corrected chi connectivity index (χ3v) is 4.58. The zero-order chi connectivity index (χ0) is 14.2. The van der Waals surface area contributed by atoms with Gasteiger partial charge in [-0.1, -0.05) is 24.3 Å². The van der Waals surface area contributed by atoms with Crippen LogP contribution in [-0.2, 0) is 0 Å². The maximum absolute atomic E-state index is 14.0. The fraction of sp³-hybridized carbons (Fsp3) is 0.200. The van der Waals surface area contributed by atoms with Gasteiger partial charge in [-0.05, 0) is 59.2 Å². The number of hydrogen-bond acceptors (Lipinski definition) is 1. The molecule has 19 heavy (non-hydrogen) atoms. The molecule has 1 unspecified atom stereocenters. The van der Waals surface area contributed by atoms with E-state index >= 15 is 0 Å². The number of hydrogen-bond donors (Lipinski definition) is 1. The van der Waals surface area contributed by atoms with Crippen molar-refractivity contribution in [2.45, 2.75) is 20.0 Å². The molecule has 0 saturated carbocycles. The van der Waals surface area contributed by atoms with Gasteiger partial charge in [0, 0.05) is 3.57 Å². The molecule has 2 aromatic carbocycles. The molecule has 1 atom stereocenters. The van der Waals surface area contributed by atoms with Gasteiger partial charge >= 0.3 is 0 Å². The number of halogens is 3. The maximum atomic E-state index is 14.0. The summed E-state index contributed by atoms with van der Waals surface area (Å²) in [6.45, 7) is 3.44. The SMILES string of the molecule is Cc1ccc(F)c(C(O)c2cccc(C)c2I)c1F. The van der Waals surface area contributed by atoms with Crippen LogP contribution in [-0.4, -0.2) is 5.11 Å². The number of aliphatic hydroxyl groups is 1. The lowest BCUT2D eigenvalue weighted by Crippen LogP contribution is -2.09. The first-order valence-electron chi connectivity index (χ1n) is 5.81. The van der Waals surface area contributed by atoms with Gasteiger partial charge in [0.15, 0.2) is 0 Å². The number of rotatable bonds is 2. The largest absolute Gasteiger partial charge is 0.383 e. The van der Waals surface area contributed by atoms with Gasteiger partial charge in [0.1, 0.15) is 17.7 Å². The normalized spacial score (nSPS) is 12.5. The average molecular weight is 374 g/mol. The van der Waals surface area contributed by atoms with Crippen LogP contribution in [0.3, 0.4) is 0 Å². The summed E-state index contributed by atoms with van der Waals surface area (Å²) < 4.78 is 28.6. The Morgan fingerprint density at radius 2 is 1.74 bits per heavy atom. The molecule has 2 aromatic rings. The van der Waals surface area contributed by atoms with Crippen molar-refractivity contribution in [2.24, 2.45) is 0 Å². The zero-order valence-electron chi connectivity index (χ0n) is 10.5. The standard InChI is InChI=1S/C15H13F2IO/c1-8-6-7-11(16)12(13(8)17)15(19)10-5-3-4-9(2)14(10)18/h3-7,15,19H,1-2H3. The quantitative estimate of drug-likeness (QED) is 0.779. The van der Waals surface area contributed by atoms with Crippen molar-refractivity contribution >= 4 is 22.6 Å². The summed E-state index contributed by atoms with van der Waals surface area (Å²) in [5.41, 5.74) is 1.51. The summed E-state index contributed by atoms with van der Waals surface area (Å²) in [7, 11) is 0. The van der Waals surface area contributed by atoms with Crippen molar-refractivity contribution in [3.63, 3.8) is 0 Å². The molecule has 0 bridgehead atoms. The number of aliphatic hydroxyl groups excluding tert-OH is 1. The molecule has 0 aliphatic heterocycles. The number of aryl methyl sites for hydroxylation is 2. The molecule has 0 aliphatic rings. The predicted molar refractivity (Wildman–Crippen MR) is 79.1 cm³/mol. The van der Waals surface area contributed by atoms with Crippen molar-refractivity contribution < 1.29 is 13.9 Å². The van der Waals surface area contributed by atoms with E-state index in [0.717, 1.165) is 9.13 Å². The van der Waals surface area contributed by atoms with Crippen LogP contribution in [0.25, 0.3) is 0 Å². The molecule has 2 rings (SSSR count). The lowest BCUT2D eigenvalue weighted by atomic mass is 9.97. The second-order valence-corrected chi connectivity index (χ2v) is 5.55. The molecule has 0 aromatic heterocycles. The van der Waals surface area contributed by atoms with Crippen molar-refractivity contribution in [3.05, 3.63) is 67.8 Å². The highest BCUT2D eigenvalue weighted by Gasteiger charge is 2.23. The highest BCUT2D eigenvalue weighted by Crippen LogP contribution is 2.31. The molecule has 0 heterocycles. The first kappa shape index (κ1) is 14.4. The topological polar surface area (TPSA) is 20.2 Å². The summed E-state index contributed by atoms with van der Waals surface area (Å²) in [6, 6.07) is 7.88. The second kappa shape index (κ2) is 5.54. The van der Waals surface area contributed by atoms with E-state index in [1.54, 1.807) is 19.1 Å². The number of benzene rings is 2. The summed E-state index contributed by atoms with van der Waals surface area (Å²) in [6.07, 6.45) is -1.30. The van der Waals surface area contributed by atoms with Crippen LogP contribution in [0.15, 0.2) is 30.3 Å². The monoisotopic (exact) mass is 374 g/mol. The minimum absolute atomic E-state index is 0.288. The van der Waals surface area contributed by atoms with Crippen molar-refractivity contribution in [1.82, 2.24) is 0 Å². The zero-order valence-corrected chi connectivity index (χ0v) is 12.7. The third-order valence-electron chi connectivity index (χ3n) is 3.11. The first-order valence-corrected chi connectivity index (χ1v) is 6.89.